The topological polar surface area (TPSA) is 98.6 Å². The van der Waals surface area contributed by atoms with Gasteiger partial charge in [0.2, 0.25) is 5.91 Å². The van der Waals surface area contributed by atoms with Crippen LogP contribution in [0.15, 0.2) is 71.7 Å². The number of hydrogen-bond acceptors (Lipinski definition) is 9. The summed E-state index contributed by atoms with van der Waals surface area (Å²) in [7, 11) is 6.87. The van der Waals surface area contributed by atoms with Crippen LogP contribution < -0.4 is 15.0 Å². The van der Waals surface area contributed by atoms with Gasteiger partial charge in [-0.1, -0.05) is 42.1 Å². The molecule has 1 N–H and O–H groups in total. The third kappa shape index (κ3) is 6.32. The molecule has 0 fully saturated rings. The Hall–Kier alpha value is -4.09. The minimum atomic E-state index is -0.527. The van der Waals surface area contributed by atoms with Crippen LogP contribution in [-0.2, 0) is 16.1 Å². The number of carbonyl (C=O) groups excluding carboxylic acids is 2. The lowest BCUT2D eigenvalue weighted by atomic mass is 10.0. The molecule has 39 heavy (non-hydrogen) atoms. The molecule has 1 amide bonds. The van der Waals surface area contributed by atoms with Gasteiger partial charge in [-0.3, -0.25) is 9.36 Å². The summed E-state index contributed by atoms with van der Waals surface area (Å²) < 4.78 is 12.2. The number of allylic oxidation sites excluding steroid dienone is 1. The van der Waals surface area contributed by atoms with E-state index >= 15 is 0 Å². The predicted molar refractivity (Wildman–Crippen MR) is 157 cm³/mol. The SMILES string of the molecule is C=CCn1c(SCC(=O)Nc2scc(-c3ccc(OC)cc3)c2C(=O)OC)nnc1-c1cccc(N(C)C)c1. The van der Waals surface area contributed by atoms with E-state index in [1.807, 2.05) is 77.5 Å². The maximum Gasteiger partial charge on any atom is 0.341 e. The molecule has 4 aromatic rings. The Bertz CT molecular complexity index is 1480. The number of aromatic nitrogens is 3. The Balaban J connectivity index is 1.52. The second kappa shape index (κ2) is 12.6. The van der Waals surface area contributed by atoms with E-state index in [1.54, 1.807) is 13.2 Å². The monoisotopic (exact) mass is 563 g/mol. The van der Waals surface area contributed by atoms with Crippen LogP contribution in [0.25, 0.3) is 22.5 Å². The average Bonchev–Trinajstić information content (AvgIpc) is 3.56. The highest BCUT2D eigenvalue weighted by Crippen LogP contribution is 2.37. The van der Waals surface area contributed by atoms with E-state index in [1.165, 1.54) is 30.2 Å². The molecule has 0 aliphatic rings. The molecule has 2 aromatic heterocycles. The van der Waals surface area contributed by atoms with E-state index in [4.69, 9.17) is 9.47 Å². The fraction of sp³-hybridized carbons (Fsp3) is 0.214. The molecule has 0 aliphatic carbocycles. The smallest absolute Gasteiger partial charge is 0.341 e. The molecule has 0 saturated carbocycles. The van der Waals surface area contributed by atoms with E-state index in [-0.39, 0.29) is 11.7 Å². The number of hydrogen-bond donors (Lipinski definition) is 1. The Morgan fingerprint density at radius 2 is 1.90 bits per heavy atom. The third-order valence-corrected chi connectivity index (χ3v) is 7.68. The van der Waals surface area contributed by atoms with Crippen molar-refractivity contribution in [1.82, 2.24) is 14.8 Å². The first-order valence-corrected chi connectivity index (χ1v) is 13.8. The van der Waals surface area contributed by atoms with Gasteiger partial charge in [0.05, 0.1) is 20.0 Å². The molecule has 0 spiro atoms. The van der Waals surface area contributed by atoms with Crippen molar-refractivity contribution in [2.45, 2.75) is 11.7 Å². The number of amides is 1. The number of thiophene rings is 1. The molecule has 0 radical (unpaired) electrons. The van der Waals surface area contributed by atoms with Gasteiger partial charge < -0.3 is 19.7 Å². The van der Waals surface area contributed by atoms with Crippen molar-refractivity contribution in [3.63, 3.8) is 0 Å². The number of nitrogens with one attached hydrogen (secondary N) is 1. The molecule has 2 heterocycles. The molecule has 9 nitrogen and oxygen atoms in total. The van der Waals surface area contributed by atoms with Gasteiger partial charge in [0, 0.05) is 42.8 Å². The van der Waals surface area contributed by atoms with E-state index in [0.717, 1.165) is 16.8 Å². The normalized spacial score (nSPS) is 10.7. The number of carbonyl (C=O) groups is 2. The highest BCUT2D eigenvalue weighted by molar-refractivity contribution is 7.99. The number of rotatable bonds is 11. The molecule has 0 atom stereocenters. The lowest BCUT2D eigenvalue weighted by molar-refractivity contribution is -0.113. The average molecular weight is 564 g/mol. The van der Waals surface area contributed by atoms with Gasteiger partial charge in [-0.05, 0) is 29.8 Å². The van der Waals surface area contributed by atoms with E-state index in [2.05, 4.69) is 22.1 Å². The van der Waals surface area contributed by atoms with Crippen molar-refractivity contribution in [2.24, 2.45) is 0 Å². The molecule has 202 valence electrons. The molecular formula is C28H29N5O4S2. The maximum absolute atomic E-state index is 13.0. The first kappa shape index (κ1) is 27.9. The standard InChI is InChI=1S/C28H29N5O4S2/c1-6-14-33-25(19-8-7-9-20(15-19)32(2)3)30-31-28(33)39-17-23(34)29-26-24(27(35)37-5)22(16-38-26)18-10-12-21(36-4)13-11-18/h6-13,15-16H,1,14,17H2,2-5H3,(H,29,34). The number of nitrogens with zero attached hydrogens (tertiary/aromatic N) is 4. The van der Waals surface area contributed by atoms with Crippen LogP contribution in [0.1, 0.15) is 10.4 Å². The number of benzene rings is 2. The zero-order chi connectivity index (χ0) is 27.9. The van der Waals surface area contributed by atoms with Gasteiger partial charge in [-0.25, -0.2) is 4.79 Å². The van der Waals surface area contributed by atoms with Gasteiger partial charge in [-0.15, -0.1) is 28.1 Å². The Morgan fingerprint density at radius 3 is 2.56 bits per heavy atom. The van der Waals surface area contributed by atoms with Gasteiger partial charge in [-0.2, -0.15) is 0 Å². The van der Waals surface area contributed by atoms with Crippen LogP contribution in [-0.4, -0.2) is 60.7 Å². The fourth-order valence-electron chi connectivity index (χ4n) is 3.86. The highest BCUT2D eigenvalue weighted by atomic mass is 32.2. The zero-order valence-electron chi connectivity index (χ0n) is 22.1. The van der Waals surface area contributed by atoms with E-state index < -0.39 is 5.97 Å². The van der Waals surface area contributed by atoms with Crippen LogP contribution in [0.5, 0.6) is 5.75 Å². The van der Waals surface area contributed by atoms with Gasteiger partial charge in [0.1, 0.15) is 16.3 Å². The predicted octanol–water partition coefficient (Wildman–Crippen LogP) is 5.45. The van der Waals surface area contributed by atoms with Crippen molar-refractivity contribution in [3.05, 3.63) is 72.1 Å². The van der Waals surface area contributed by atoms with Gasteiger partial charge in [0.25, 0.3) is 0 Å². The highest BCUT2D eigenvalue weighted by Gasteiger charge is 2.23. The summed E-state index contributed by atoms with van der Waals surface area (Å²) in [6.07, 6.45) is 1.77. The first-order chi connectivity index (χ1) is 18.9. The summed E-state index contributed by atoms with van der Waals surface area (Å²) in [6, 6.07) is 15.3. The van der Waals surface area contributed by atoms with Gasteiger partial charge in [0.15, 0.2) is 11.0 Å². The Labute approximate surface area is 235 Å². The maximum atomic E-state index is 13.0. The lowest BCUT2D eigenvalue weighted by Crippen LogP contribution is -2.16. The lowest BCUT2D eigenvalue weighted by Gasteiger charge is -2.14. The first-order valence-electron chi connectivity index (χ1n) is 11.9. The zero-order valence-corrected chi connectivity index (χ0v) is 23.8. The van der Waals surface area contributed by atoms with Crippen LogP contribution in [0.4, 0.5) is 10.7 Å². The summed E-state index contributed by atoms with van der Waals surface area (Å²) in [6.45, 7) is 4.34. The van der Waals surface area contributed by atoms with Gasteiger partial charge >= 0.3 is 5.97 Å². The summed E-state index contributed by atoms with van der Waals surface area (Å²) in [5.41, 5.74) is 3.75. The van der Waals surface area contributed by atoms with Crippen LogP contribution in [0, 0.1) is 0 Å². The number of ether oxygens (including phenoxy) is 2. The molecular weight excluding hydrogens is 534 g/mol. The minimum Gasteiger partial charge on any atom is -0.497 e. The van der Waals surface area contributed by atoms with E-state index in [9.17, 15) is 9.59 Å². The number of anilines is 2. The molecule has 0 saturated heterocycles. The largest absolute Gasteiger partial charge is 0.497 e. The molecule has 0 bridgehead atoms. The fourth-order valence-corrected chi connectivity index (χ4v) is 5.58. The van der Waals surface area contributed by atoms with Crippen LogP contribution in [0.2, 0.25) is 0 Å². The second-order valence-electron chi connectivity index (χ2n) is 8.56. The van der Waals surface area contributed by atoms with Crippen LogP contribution in [0.3, 0.4) is 0 Å². The van der Waals surface area contributed by atoms with Crippen molar-refractivity contribution < 1.29 is 19.1 Å². The minimum absolute atomic E-state index is 0.0728. The van der Waals surface area contributed by atoms with Crippen molar-refractivity contribution in [1.29, 1.82) is 0 Å². The molecule has 0 aliphatic heterocycles. The van der Waals surface area contributed by atoms with Crippen molar-refractivity contribution in [3.8, 4) is 28.3 Å². The Morgan fingerprint density at radius 1 is 1.13 bits per heavy atom. The molecule has 2 aromatic carbocycles. The Kier molecular flexibility index (Phi) is 9.05. The second-order valence-corrected chi connectivity index (χ2v) is 10.4. The van der Waals surface area contributed by atoms with E-state index in [0.29, 0.717) is 39.4 Å². The quantitative estimate of drug-likeness (QED) is 0.146. The molecule has 11 heteroatoms. The van der Waals surface area contributed by atoms with Crippen molar-refractivity contribution >= 4 is 45.7 Å². The third-order valence-electron chi connectivity index (χ3n) is 5.82. The summed E-state index contributed by atoms with van der Waals surface area (Å²) >= 11 is 2.53. The number of methoxy groups -OCH3 is 2. The summed E-state index contributed by atoms with van der Waals surface area (Å²) in [4.78, 5) is 27.6. The number of thioether (sulfide) groups is 1. The molecule has 4 rings (SSSR count). The van der Waals surface area contributed by atoms with Crippen LogP contribution >= 0.6 is 23.1 Å². The molecule has 0 unspecified atom stereocenters. The number of esters is 1. The van der Waals surface area contributed by atoms with Crippen molar-refractivity contribution in [2.75, 3.05) is 44.3 Å². The summed E-state index contributed by atoms with van der Waals surface area (Å²) in [5, 5.41) is 14.4. The summed E-state index contributed by atoms with van der Waals surface area (Å²) in [5.74, 6) is 0.662.